The molecule has 0 radical (unpaired) electrons. The van der Waals surface area contributed by atoms with Gasteiger partial charge in [0.2, 0.25) is 0 Å². The number of benzene rings is 1. The molecule has 0 amide bonds. The summed E-state index contributed by atoms with van der Waals surface area (Å²) in [6, 6.07) is 7.55. The fourth-order valence-corrected chi connectivity index (χ4v) is 1.49. The second kappa shape index (κ2) is 5.47. The molecule has 0 spiro atoms. The zero-order chi connectivity index (χ0) is 12.1. The Bertz CT molecular complexity index is 457. The van der Waals surface area contributed by atoms with Gasteiger partial charge in [0.1, 0.15) is 0 Å². The van der Waals surface area contributed by atoms with E-state index < -0.39 is 6.10 Å². The van der Waals surface area contributed by atoms with Crippen molar-refractivity contribution in [3.63, 3.8) is 0 Å². The Morgan fingerprint density at radius 1 is 1.35 bits per heavy atom. The number of para-hydroxylation sites is 1. The summed E-state index contributed by atoms with van der Waals surface area (Å²) in [4.78, 5) is 3.87. The van der Waals surface area contributed by atoms with Crippen LogP contribution in [0.2, 0.25) is 0 Å². The minimum atomic E-state index is -0.780. The third kappa shape index (κ3) is 2.83. The van der Waals surface area contributed by atoms with E-state index in [1.54, 1.807) is 6.20 Å². The number of aromatic nitrogens is 1. The van der Waals surface area contributed by atoms with E-state index >= 15 is 0 Å². The van der Waals surface area contributed by atoms with Gasteiger partial charge in [-0.2, -0.15) is 0 Å². The number of hydrogen-bond donors (Lipinski definition) is 3. The van der Waals surface area contributed by atoms with Crippen LogP contribution >= 0.6 is 0 Å². The number of anilines is 1. The van der Waals surface area contributed by atoms with Gasteiger partial charge in [-0.15, -0.1) is 0 Å². The molecule has 0 bridgehead atoms. The lowest BCUT2D eigenvalue weighted by Crippen LogP contribution is -2.23. The summed E-state index contributed by atoms with van der Waals surface area (Å²) in [6.45, 7) is 0.0130. The maximum Gasteiger partial charge on any atom is 0.181 e. The molecule has 0 saturated heterocycles. The van der Waals surface area contributed by atoms with Crippen molar-refractivity contribution in [2.24, 2.45) is 0 Å². The van der Waals surface area contributed by atoms with Gasteiger partial charge in [0.25, 0.3) is 0 Å². The third-order valence-corrected chi connectivity index (χ3v) is 2.36. The summed E-state index contributed by atoms with van der Waals surface area (Å²) in [7, 11) is 0. The fraction of sp³-hybridized carbons (Fsp3) is 0.250. The Hall–Kier alpha value is -1.85. The molecule has 0 saturated carbocycles. The number of oxazole rings is 1. The van der Waals surface area contributed by atoms with Crippen LogP contribution in [0, 0.1) is 0 Å². The quantitative estimate of drug-likeness (QED) is 0.722. The lowest BCUT2D eigenvalue weighted by molar-refractivity contribution is 0.105. The molecule has 0 aliphatic carbocycles. The predicted molar refractivity (Wildman–Crippen MR) is 63.5 cm³/mol. The first-order chi connectivity index (χ1) is 8.31. The van der Waals surface area contributed by atoms with E-state index in [0.717, 1.165) is 11.3 Å². The summed E-state index contributed by atoms with van der Waals surface area (Å²) >= 11 is 0. The molecule has 5 heteroatoms. The second-order valence-electron chi connectivity index (χ2n) is 3.63. The first kappa shape index (κ1) is 11.6. The van der Waals surface area contributed by atoms with E-state index in [0.29, 0.717) is 5.76 Å². The molecule has 1 atom stereocenters. The van der Waals surface area contributed by atoms with E-state index in [1.165, 1.54) is 6.39 Å². The summed E-state index contributed by atoms with van der Waals surface area (Å²) in [5, 5.41) is 21.1. The van der Waals surface area contributed by atoms with Crippen LogP contribution in [0.3, 0.4) is 0 Å². The average Bonchev–Trinajstić information content (AvgIpc) is 2.90. The molecule has 2 rings (SSSR count). The van der Waals surface area contributed by atoms with Crippen LogP contribution in [0.4, 0.5) is 5.69 Å². The molecule has 2 aromatic rings. The molecule has 1 aromatic carbocycles. The Kier molecular flexibility index (Phi) is 3.74. The number of hydrogen-bond acceptors (Lipinski definition) is 5. The lowest BCUT2D eigenvalue weighted by atomic mass is 10.1. The van der Waals surface area contributed by atoms with Gasteiger partial charge in [-0.3, -0.25) is 0 Å². The number of aliphatic hydroxyl groups is 2. The normalized spacial score (nSPS) is 12.4. The van der Waals surface area contributed by atoms with Crippen molar-refractivity contribution in [2.75, 3.05) is 18.5 Å². The monoisotopic (exact) mass is 234 g/mol. The first-order valence-corrected chi connectivity index (χ1v) is 5.32. The standard InChI is InChI=1S/C12H14N2O3/c15-7-9(16)5-14-11-4-2-1-3-10(11)12-6-13-8-17-12/h1-4,6,8-9,14-16H,5,7H2. The number of aliphatic hydroxyl groups excluding tert-OH is 2. The molecule has 1 unspecified atom stereocenters. The Morgan fingerprint density at radius 3 is 2.88 bits per heavy atom. The molecule has 0 fully saturated rings. The molecule has 1 aromatic heterocycles. The highest BCUT2D eigenvalue weighted by Gasteiger charge is 2.08. The number of nitrogens with one attached hydrogen (secondary N) is 1. The lowest BCUT2D eigenvalue weighted by Gasteiger charge is -2.12. The Labute approximate surface area is 98.7 Å². The maximum absolute atomic E-state index is 9.29. The van der Waals surface area contributed by atoms with Crippen LogP contribution in [0.25, 0.3) is 11.3 Å². The fourth-order valence-electron chi connectivity index (χ4n) is 1.49. The summed E-state index contributed by atoms with van der Waals surface area (Å²) in [5.41, 5.74) is 1.70. The zero-order valence-electron chi connectivity index (χ0n) is 9.21. The van der Waals surface area contributed by atoms with Crippen molar-refractivity contribution in [3.05, 3.63) is 36.9 Å². The van der Waals surface area contributed by atoms with Gasteiger partial charge in [-0.25, -0.2) is 4.98 Å². The van der Waals surface area contributed by atoms with Gasteiger partial charge in [0, 0.05) is 17.8 Å². The van der Waals surface area contributed by atoms with Gasteiger partial charge in [0.15, 0.2) is 12.2 Å². The van der Waals surface area contributed by atoms with Crippen molar-refractivity contribution < 1.29 is 14.6 Å². The molecular formula is C12H14N2O3. The van der Waals surface area contributed by atoms with Crippen molar-refractivity contribution in [3.8, 4) is 11.3 Å². The largest absolute Gasteiger partial charge is 0.443 e. The van der Waals surface area contributed by atoms with Gasteiger partial charge in [-0.05, 0) is 12.1 Å². The van der Waals surface area contributed by atoms with E-state index in [2.05, 4.69) is 10.3 Å². The molecule has 0 aliphatic rings. The highest BCUT2D eigenvalue weighted by atomic mass is 16.3. The van der Waals surface area contributed by atoms with Gasteiger partial charge in [-0.1, -0.05) is 12.1 Å². The molecule has 90 valence electrons. The van der Waals surface area contributed by atoms with Crippen LogP contribution in [-0.4, -0.2) is 34.5 Å². The SMILES string of the molecule is OCC(O)CNc1ccccc1-c1cnco1. The van der Waals surface area contributed by atoms with Gasteiger partial charge in [0.05, 0.1) is 18.9 Å². The van der Waals surface area contributed by atoms with Crippen molar-refractivity contribution in [1.29, 1.82) is 0 Å². The summed E-state index contributed by atoms with van der Waals surface area (Å²) < 4.78 is 5.23. The highest BCUT2D eigenvalue weighted by molar-refractivity contribution is 5.73. The van der Waals surface area contributed by atoms with Crippen LogP contribution in [0.15, 0.2) is 41.3 Å². The van der Waals surface area contributed by atoms with Crippen LogP contribution in [-0.2, 0) is 0 Å². The highest BCUT2D eigenvalue weighted by Crippen LogP contribution is 2.27. The summed E-state index contributed by atoms with van der Waals surface area (Å²) in [5.74, 6) is 0.659. The number of rotatable bonds is 5. The molecule has 0 aliphatic heterocycles. The van der Waals surface area contributed by atoms with E-state index in [9.17, 15) is 5.11 Å². The second-order valence-corrected chi connectivity index (χ2v) is 3.63. The van der Waals surface area contributed by atoms with Crippen LogP contribution < -0.4 is 5.32 Å². The molecule has 1 heterocycles. The van der Waals surface area contributed by atoms with Gasteiger partial charge >= 0.3 is 0 Å². The smallest absolute Gasteiger partial charge is 0.181 e. The van der Waals surface area contributed by atoms with Crippen molar-refractivity contribution in [2.45, 2.75) is 6.10 Å². The molecule has 17 heavy (non-hydrogen) atoms. The summed E-state index contributed by atoms with van der Waals surface area (Å²) in [6.07, 6.45) is 2.22. The maximum atomic E-state index is 9.29. The Balaban J connectivity index is 2.17. The van der Waals surface area contributed by atoms with E-state index in [4.69, 9.17) is 9.52 Å². The average molecular weight is 234 g/mol. The third-order valence-electron chi connectivity index (χ3n) is 2.36. The van der Waals surface area contributed by atoms with Crippen LogP contribution in [0.1, 0.15) is 0 Å². The van der Waals surface area contributed by atoms with Crippen molar-refractivity contribution in [1.82, 2.24) is 4.98 Å². The molecular weight excluding hydrogens is 220 g/mol. The van der Waals surface area contributed by atoms with Crippen LogP contribution in [0.5, 0.6) is 0 Å². The van der Waals surface area contributed by atoms with Gasteiger partial charge < -0.3 is 19.9 Å². The minimum Gasteiger partial charge on any atom is -0.443 e. The molecule has 5 nitrogen and oxygen atoms in total. The minimum absolute atomic E-state index is 0.266. The Morgan fingerprint density at radius 2 is 2.18 bits per heavy atom. The van der Waals surface area contributed by atoms with E-state index in [-0.39, 0.29) is 13.2 Å². The zero-order valence-corrected chi connectivity index (χ0v) is 9.21. The predicted octanol–water partition coefficient (Wildman–Crippen LogP) is 1.11. The topological polar surface area (TPSA) is 78.5 Å². The first-order valence-electron chi connectivity index (χ1n) is 5.32. The van der Waals surface area contributed by atoms with E-state index in [1.807, 2.05) is 24.3 Å². The van der Waals surface area contributed by atoms with Crippen molar-refractivity contribution >= 4 is 5.69 Å². The molecule has 3 N–H and O–H groups in total. The number of nitrogens with zero attached hydrogens (tertiary/aromatic N) is 1.